The third kappa shape index (κ3) is 2.75. The van der Waals surface area contributed by atoms with Crippen molar-refractivity contribution in [2.75, 3.05) is 7.11 Å². The van der Waals surface area contributed by atoms with Crippen LogP contribution in [0.15, 0.2) is 42.5 Å². The SMILES string of the molecule is COc1cccc(C(O)c2cccc(Cl)c2)n1. The van der Waals surface area contributed by atoms with Crippen LogP contribution in [0.2, 0.25) is 5.02 Å². The van der Waals surface area contributed by atoms with E-state index < -0.39 is 6.10 Å². The first kappa shape index (κ1) is 11.9. The molecule has 0 aliphatic carbocycles. The highest BCUT2D eigenvalue weighted by Crippen LogP contribution is 2.23. The van der Waals surface area contributed by atoms with Crippen molar-refractivity contribution in [2.24, 2.45) is 0 Å². The number of pyridine rings is 1. The van der Waals surface area contributed by atoms with Gasteiger partial charge in [-0.25, -0.2) is 4.98 Å². The van der Waals surface area contributed by atoms with Crippen LogP contribution in [0.4, 0.5) is 0 Å². The van der Waals surface area contributed by atoms with Crippen LogP contribution in [0.5, 0.6) is 5.88 Å². The summed E-state index contributed by atoms with van der Waals surface area (Å²) >= 11 is 5.88. The summed E-state index contributed by atoms with van der Waals surface area (Å²) in [4.78, 5) is 4.18. The molecule has 1 aromatic carbocycles. The summed E-state index contributed by atoms with van der Waals surface area (Å²) in [5.74, 6) is 0.476. The monoisotopic (exact) mass is 249 g/mol. The smallest absolute Gasteiger partial charge is 0.213 e. The lowest BCUT2D eigenvalue weighted by molar-refractivity contribution is 0.214. The summed E-state index contributed by atoms with van der Waals surface area (Å²) in [6, 6.07) is 12.3. The summed E-state index contributed by atoms with van der Waals surface area (Å²) in [5.41, 5.74) is 1.24. The number of ether oxygens (including phenoxy) is 1. The minimum Gasteiger partial charge on any atom is -0.481 e. The van der Waals surface area contributed by atoms with Crippen LogP contribution >= 0.6 is 11.6 Å². The van der Waals surface area contributed by atoms with E-state index in [0.29, 0.717) is 22.2 Å². The van der Waals surface area contributed by atoms with E-state index in [9.17, 15) is 5.11 Å². The third-order valence-electron chi connectivity index (χ3n) is 2.40. The van der Waals surface area contributed by atoms with Crippen molar-refractivity contribution in [3.63, 3.8) is 0 Å². The van der Waals surface area contributed by atoms with Gasteiger partial charge in [0.15, 0.2) is 0 Å². The molecule has 3 nitrogen and oxygen atoms in total. The highest BCUT2D eigenvalue weighted by Gasteiger charge is 2.12. The molecule has 2 rings (SSSR count). The molecule has 1 atom stereocenters. The number of hydrogen-bond acceptors (Lipinski definition) is 3. The van der Waals surface area contributed by atoms with E-state index in [0.717, 1.165) is 0 Å². The van der Waals surface area contributed by atoms with Crippen molar-refractivity contribution in [2.45, 2.75) is 6.10 Å². The molecule has 2 aromatic rings. The number of aliphatic hydroxyl groups is 1. The van der Waals surface area contributed by atoms with Crippen LogP contribution in [0, 0.1) is 0 Å². The van der Waals surface area contributed by atoms with Gasteiger partial charge in [0.2, 0.25) is 5.88 Å². The fourth-order valence-electron chi connectivity index (χ4n) is 1.54. The Morgan fingerprint density at radius 2 is 2.00 bits per heavy atom. The lowest BCUT2D eigenvalue weighted by atomic mass is 10.1. The molecule has 0 radical (unpaired) electrons. The molecule has 0 saturated carbocycles. The molecule has 0 aliphatic rings. The lowest BCUT2D eigenvalue weighted by Crippen LogP contribution is -2.03. The van der Waals surface area contributed by atoms with E-state index in [-0.39, 0.29) is 0 Å². The standard InChI is InChI=1S/C13H12ClNO2/c1-17-12-7-3-6-11(15-12)13(16)9-4-2-5-10(14)8-9/h2-8,13,16H,1H3. The van der Waals surface area contributed by atoms with Crippen LogP contribution in [0.25, 0.3) is 0 Å². The van der Waals surface area contributed by atoms with Crippen molar-refractivity contribution in [3.8, 4) is 5.88 Å². The van der Waals surface area contributed by atoms with Gasteiger partial charge in [-0.1, -0.05) is 29.8 Å². The van der Waals surface area contributed by atoms with Crippen LogP contribution < -0.4 is 4.74 Å². The second kappa shape index (κ2) is 5.17. The van der Waals surface area contributed by atoms with Crippen molar-refractivity contribution >= 4 is 11.6 Å². The first-order chi connectivity index (χ1) is 8.20. The predicted molar refractivity (Wildman–Crippen MR) is 66.3 cm³/mol. The maximum absolute atomic E-state index is 10.2. The van der Waals surface area contributed by atoms with Gasteiger partial charge < -0.3 is 9.84 Å². The lowest BCUT2D eigenvalue weighted by Gasteiger charge is -2.11. The van der Waals surface area contributed by atoms with Crippen LogP contribution in [0.3, 0.4) is 0 Å². The fraction of sp³-hybridized carbons (Fsp3) is 0.154. The molecule has 1 N–H and O–H groups in total. The molecule has 0 saturated heterocycles. The van der Waals surface area contributed by atoms with Gasteiger partial charge >= 0.3 is 0 Å². The Hall–Kier alpha value is -1.58. The molecule has 88 valence electrons. The number of benzene rings is 1. The van der Waals surface area contributed by atoms with Gasteiger partial charge in [0.25, 0.3) is 0 Å². The first-order valence-corrected chi connectivity index (χ1v) is 5.53. The molecule has 0 bridgehead atoms. The molecule has 1 unspecified atom stereocenters. The number of aliphatic hydroxyl groups excluding tert-OH is 1. The van der Waals surface area contributed by atoms with E-state index in [1.54, 1.807) is 42.5 Å². The summed E-state index contributed by atoms with van der Waals surface area (Å²) in [5, 5.41) is 10.7. The number of hydrogen-bond donors (Lipinski definition) is 1. The Morgan fingerprint density at radius 1 is 1.24 bits per heavy atom. The van der Waals surface area contributed by atoms with Crippen molar-refractivity contribution in [3.05, 3.63) is 58.7 Å². The molecule has 4 heteroatoms. The van der Waals surface area contributed by atoms with Gasteiger partial charge in [-0.2, -0.15) is 0 Å². The Bertz CT molecular complexity index is 516. The zero-order valence-corrected chi connectivity index (χ0v) is 10.1. The van der Waals surface area contributed by atoms with Crippen LogP contribution in [-0.4, -0.2) is 17.2 Å². The summed E-state index contributed by atoms with van der Waals surface area (Å²) in [6.07, 6.45) is -0.802. The molecule has 17 heavy (non-hydrogen) atoms. The molecule has 1 heterocycles. The summed E-state index contributed by atoms with van der Waals surface area (Å²) < 4.78 is 5.02. The second-order valence-electron chi connectivity index (χ2n) is 3.56. The normalized spacial score (nSPS) is 12.2. The highest BCUT2D eigenvalue weighted by molar-refractivity contribution is 6.30. The first-order valence-electron chi connectivity index (χ1n) is 5.15. The number of methoxy groups -OCH3 is 1. The van der Waals surface area contributed by atoms with Gasteiger partial charge in [-0.15, -0.1) is 0 Å². The Labute approximate surface area is 105 Å². The predicted octanol–water partition coefficient (Wildman–Crippen LogP) is 2.83. The quantitative estimate of drug-likeness (QED) is 0.910. The van der Waals surface area contributed by atoms with E-state index in [1.807, 2.05) is 0 Å². The molecule has 0 fully saturated rings. The Morgan fingerprint density at radius 3 is 2.71 bits per heavy atom. The van der Waals surface area contributed by atoms with E-state index in [4.69, 9.17) is 16.3 Å². The van der Waals surface area contributed by atoms with E-state index >= 15 is 0 Å². The average Bonchev–Trinajstić information content (AvgIpc) is 2.38. The molecule has 0 spiro atoms. The van der Waals surface area contributed by atoms with Gasteiger partial charge in [0, 0.05) is 11.1 Å². The van der Waals surface area contributed by atoms with Crippen molar-refractivity contribution in [1.29, 1.82) is 0 Å². The number of rotatable bonds is 3. The third-order valence-corrected chi connectivity index (χ3v) is 2.63. The maximum Gasteiger partial charge on any atom is 0.213 e. The summed E-state index contributed by atoms with van der Waals surface area (Å²) in [6.45, 7) is 0. The molecule has 0 aliphatic heterocycles. The van der Waals surface area contributed by atoms with E-state index in [1.165, 1.54) is 7.11 Å². The average molecular weight is 250 g/mol. The topological polar surface area (TPSA) is 42.4 Å². The van der Waals surface area contributed by atoms with Crippen LogP contribution in [0.1, 0.15) is 17.4 Å². The second-order valence-corrected chi connectivity index (χ2v) is 4.00. The largest absolute Gasteiger partial charge is 0.481 e. The molecular formula is C13H12ClNO2. The van der Waals surface area contributed by atoms with Gasteiger partial charge in [-0.3, -0.25) is 0 Å². The van der Waals surface area contributed by atoms with Crippen molar-refractivity contribution in [1.82, 2.24) is 4.98 Å². The minimum absolute atomic E-state index is 0.476. The zero-order chi connectivity index (χ0) is 12.3. The maximum atomic E-state index is 10.2. The van der Waals surface area contributed by atoms with Gasteiger partial charge in [0.1, 0.15) is 6.10 Å². The van der Waals surface area contributed by atoms with E-state index in [2.05, 4.69) is 4.98 Å². The van der Waals surface area contributed by atoms with Gasteiger partial charge in [0.05, 0.1) is 12.8 Å². The number of halogens is 1. The molecule has 0 amide bonds. The minimum atomic E-state index is -0.802. The zero-order valence-electron chi connectivity index (χ0n) is 9.30. The van der Waals surface area contributed by atoms with Gasteiger partial charge in [-0.05, 0) is 23.8 Å². The molecular weight excluding hydrogens is 238 g/mol. The summed E-state index contributed by atoms with van der Waals surface area (Å²) in [7, 11) is 1.54. The molecule has 1 aromatic heterocycles. The highest BCUT2D eigenvalue weighted by atomic mass is 35.5. The number of aromatic nitrogens is 1. The van der Waals surface area contributed by atoms with Crippen molar-refractivity contribution < 1.29 is 9.84 Å². The Kier molecular flexibility index (Phi) is 3.61. The Balaban J connectivity index is 2.33. The number of nitrogens with zero attached hydrogens (tertiary/aromatic N) is 1. The fourth-order valence-corrected chi connectivity index (χ4v) is 1.74. The van der Waals surface area contributed by atoms with Crippen LogP contribution in [-0.2, 0) is 0 Å².